The smallest absolute Gasteiger partial charge is 0.149 e. The van der Waals surface area contributed by atoms with E-state index in [1.807, 2.05) is 16.9 Å². The maximum Gasteiger partial charge on any atom is 0.149 e. The van der Waals surface area contributed by atoms with Gasteiger partial charge >= 0.3 is 0 Å². The Balaban J connectivity index is 1.90. The number of aldehydes is 1. The molecule has 1 unspecified atom stereocenters. The standard InChI is InChI=1S/C15H15FN4O/c16-13-7-10(1-4-12(13)15(8-21)18-9-17)14-5-6-20(19-14)11-2-3-11/h1,4-9,11,15H,2-3H2,(H2,17,18). The van der Waals surface area contributed by atoms with E-state index in [2.05, 4.69) is 10.1 Å². The highest BCUT2D eigenvalue weighted by Gasteiger charge is 2.24. The maximum atomic E-state index is 14.2. The van der Waals surface area contributed by atoms with Crippen LogP contribution < -0.4 is 5.73 Å². The number of halogens is 1. The van der Waals surface area contributed by atoms with Crippen molar-refractivity contribution in [2.75, 3.05) is 0 Å². The van der Waals surface area contributed by atoms with E-state index in [0.29, 0.717) is 17.9 Å². The lowest BCUT2D eigenvalue weighted by Crippen LogP contribution is -2.03. The summed E-state index contributed by atoms with van der Waals surface area (Å²) in [6, 6.07) is 6.10. The molecule has 0 aliphatic heterocycles. The fourth-order valence-electron chi connectivity index (χ4n) is 2.24. The van der Waals surface area contributed by atoms with Gasteiger partial charge < -0.3 is 10.5 Å². The van der Waals surface area contributed by atoms with Crippen LogP contribution in [0, 0.1) is 5.82 Å². The summed E-state index contributed by atoms with van der Waals surface area (Å²) in [7, 11) is 0. The summed E-state index contributed by atoms with van der Waals surface area (Å²) in [5, 5.41) is 4.45. The molecule has 2 aromatic rings. The molecular formula is C15H15FN4O. The Kier molecular flexibility index (Phi) is 3.51. The molecule has 5 nitrogen and oxygen atoms in total. The van der Waals surface area contributed by atoms with Crippen LogP contribution in [-0.2, 0) is 4.79 Å². The van der Waals surface area contributed by atoms with Crippen LogP contribution in [0.5, 0.6) is 0 Å². The second-order valence-corrected chi connectivity index (χ2v) is 5.03. The van der Waals surface area contributed by atoms with Gasteiger partial charge in [-0.05, 0) is 25.0 Å². The largest absolute Gasteiger partial charge is 0.390 e. The Bertz CT molecular complexity index is 691. The van der Waals surface area contributed by atoms with Crippen molar-refractivity contribution in [1.82, 2.24) is 9.78 Å². The zero-order valence-electron chi connectivity index (χ0n) is 11.3. The van der Waals surface area contributed by atoms with Gasteiger partial charge in [-0.2, -0.15) is 5.10 Å². The van der Waals surface area contributed by atoms with Crippen LogP contribution in [-0.4, -0.2) is 22.4 Å². The molecule has 0 bridgehead atoms. The molecule has 0 amide bonds. The van der Waals surface area contributed by atoms with E-state index in [0.717, 1.165) is 24.9 Å². The second kappa shape index (κ2) is 5.47. The minimum absolute atomic E-state index is 0.206. The van der Waals surface area contributed by atoms with E-state index in [4.69, 9.17) is 5.73 Å². The molecule has 21 heavy (non-hydrogen) atoms. The minimum atomic E-state index is -0.909. The van der Waals surface area contributed by atoms with Gasteiger partial charge in [0.2, 0.25) is 0 Å². The van der Waals surface area contributed by atoms with E-state index in [9.17, 15) is 9.18 Å². The first-order valence-electron chi connectivity index (χ1n) is 6.76. The van der Waals surface area contributed by atoms with Crippen molar-refractivity contribution >= 4 is 12.6 Å². The Morgan fingerprint density at radius 1 is 1.43 bits per heavy atom. The Morgan fingerprint density at radius 3 is 2.86 bits per heavy atom. The van der Waals surface area contributed by atoms with Crippen molar-refractivity contribution < 1.29 is 9.18 Å². The van der Waals surface area contributed by atoms with Crippen LogP contribution in [0.2, 0.25) is 0 Å². The van der Waals surface area contributed by atoms with Crippen molar-refractivity contribution in [2.45, 2.75) is 24.9 Å². The van der Waals surface area contributed by atoms with Crippen molar-refractivity contribution in [3.05, 3.63) is 41.8 Å². The molecule has 1 atom stereocenters. The van der Waals surface area contributed by atoms with Gasteiger partial charge in [0.15, 0.2) is 0 Å². The molecule has 108 valence electrons. The Morgan fingerprint density at radius 2 is 2.24 bits per heavy atom. The molecule has 0 spiro atoms. The van der Waals surface area contributed by atoms with Crippen LogP contribution in [0.3, 0.4) is 0 Å². The molecule has 2 N–H and O–H groups in total. The number of hydrogen-bond acceptors (Lipinski definition) is 3. The topological polar surface area (TPSA) is 73.3 Å². The molecule has 0 saturated heterocycles. The number of aromatic nitrogens is 2. The SMILES string of the molecule is NC=NC(C=O)c1ccc(-c2ccn(C3CC3)n2)cc1F. The third kappa shape index (κ3) is 2.69. The number of nitrogens with two attached hydrogens (primary N) is 1. The number of nitrogens with zero attached hydrogens (tertiary/aromatic N) is 3. The second-order valence-electron chi connectivity index (χ2n) is 5.03. The summed E-state index contributed by atoms with van der Waals surface area (Å²) < 4.78 is 16.1. The van der Waals surface area contributed by atoms with Gasteiger partial charge in [0, 0.05) is 17.3 Å². The van der Waals surface area contributed by atoms with Crippen LogP contribution in [0.25, 0.3) is 11.3 Å². The summed E-state index contributed by atoms with van der Waals surface area (Å²) in [6.45, 7) is 0. The van der Waals surface area contributed by atoms with Crippen molar-refractivity contribution in [3.63, 3.8) is 0 Å². The van der Waals surface area contributed by atoms with Crippen LogP contribution >= 0.6 is 0 Å². The number of benzene rings is 1. The van der Waals surface area contributed by atoms with Crippen molar-refractivity contribution in [3.8, 4) is 11.3 Å². The number of rotatable bonds is 5. The zero-order chi connectivity index (χ0) is 14.8. The molecule has 1 fully saturated rings. The average molecular weight is 286 g/mol. The molecule has 1 aliphatic carbocycles. The lowest BCUT2D eigenvalue weighted by Gasteiger charge is -2.07. The summed E-state index contributed by atoms with van der Waals surface area (Å²) in [6.07, 6.45) is 5.76. The first-order chi connectivity index (χ1) is 10.2. The zero-order valence-corrected chi connectivity index (χ0v) is 11.3. The van der Waals surface area contributed by atoms with E-state index in [-0.39, 0.29) is 5.56 Å². The molecule has 6 heteroatoms. The van der Waals surface area contributed by atoms with E-state index >= 15 is 0 Å². The molecule has 3 rings (SSSR count). The summed E-state index contributed by atoms with van der Waals surface area (Å²) in [5.74, 6) is -0.490. The third-order valence-electron chi connectivity index (χ3n) is 3.52. The van der Waals surface area contributed by atoms with E-state index in [1.54, 1.807) is 12.1 Å². The quantitative estimate of drug-likeness (QED) is 0.520. The number of carbonyl (C=O) groups is 1. The van der Waals surface area contributed by atoms with Crippen LogP contribution in [0.1, 0.15) is 30.5 Å². The highest BCUT2D eigenvalue weighted by Crippen LogP contribution is 2.35. The van der Waals surface area contributed by atoms with Gasteiger partial charge in [0.25, 0.3) is 0 Å². The normalized spacial score (nSPS) is 16.2. The summed E-state index contributed by atoms with van der Waals surface area (Å²) >= 11 is 0. The third-order valence-corrected chi connectivity index (χ3v) is 3.52. The molecule has 1 saturated carbocycles. The van der Waals surface area contributed by atoms with Crippen LogP contribution in [0.15, 0.2) is 35.5 Å². The maximum absolute atomic E-state index is 14.2. The predicted molar refractivity (Wildman–Crippen MR) is 77.4 cm³/mol. The Labute approximate surface area is 121 Å². The molecular weight excluding hydrogens is 271 g/mol. The lowest BCUT2D eigenvalue weighted by atomic mass is 10.0. The van der Waals surface area contributed by atoms with Gasteiger partial charge in [-0.3, -0.25) is 9.67 Å². The fraction of sp³-hybridized carbons (Fsp3) is 0.267. The first-order valence-corrected chi connectivity index (χ1v) is 6.76. The highest BCUT2D eigenvalue weighted by molar-refractivity contribution is 5.67. The van der Waals surface area contributed by atoms with Gasteiger partial charge in [-0.15, -0.1) is 0 Å². The number of carbonyl (C=O) groups excluding carboxylic acids is 1. The lowest BCUT2D eigenvalue weighted by molar-refractivity contribution is -0.109. The average Bonchev–Trinajstić information content (AvgIpc) is 3.23. The first kappa shape index (κ1) is 13.5. The highest BCUT2D eigenvalue weighted by atomic mass is 19.1. The van der Waals surface area contributed by atoms with Gasteiger partial charge in [-0.1, -0.05) is 12.1 Å². The fourth-order valence-corrected chi connectivity index (χ4v) is 2.24. The van der Waals surface area contributed by atoms with Gasteiger partial charge in [0.1, 0.15) is 18.1 Å². The minimum Gasteiger partial charge on any atom is -0.390 e. The van der Waals surface area contributed by atoms with E-state index < -0.39 is 11.9 Å². The van der Waals surface area contributed by atoms with Crippen molar-refractivity contribution in [2.24, 2.45) is 10.7 Å². The molecule has 1 aliphatic rings. The number of aliphatic imine (C=N–C) groups is 1. The predicted octanol–water partition coefficient (Wildman–Crippen LogP) is 2.25. The van der Waals surface area contributed by atoms with Gasteiger partial charge in [-0.25, -0.2) is 4.39 Å². The van der Waals surface area contributed by atoms with E-state index in [1.165, 1.54) is 6.07 Å². The monoisotopic (exact) mass is 286 g/mol. The summed E-state index contributed by atoms with van der Waals surface area (Å²) in [5.41, 5.74) is 6.77. The summed E-state index contributed by atoms with van der Waals surface area (Å²) in [4.78, 5) is 14.7. The molecule has 0 radical (unpaired) electrons. The molecule has 1 aromatic carbocycles. The molecule has 1 aromatic heterocycles. The van der Waals surface area contributed by atoms with Crippen molar-refractivity contribution in [1.29, 1.82) is 0 Å². The molecule has 1 heterocycles. The van der Waals surface area contributed by atoms with Gasteiger partial charge in [0.05, 0.1) is 18.1 Å². The Hall–Kier alpha value is -2.50. The number of hydrogen-bond donors (Lipinski definition) is 1. The van der Waals surface area contributed by atoms with Crippen LogP contribution in [0.4, 0.5) is 4.39 Å².